The highest BCUT2D eigenvalue weighted by Gasteiger charge is 2.45. The fraction of sp³-hybridized carbons (Fsp3) is 0.389. The third-order valence-corrected chi connectivity index (χ3v) is 7.57. The molecule has 1 aromatic heterocycles. The van der Waals surface area contributed by atoms with E-state index in [1.807, 2.05) is 38.1 Å². The smallest absolute Gasteiger partial charge is 0.184 e. The third kappa shape index (κ3) is 3.27. The van der Waals surface area contributed by atoms with Gasteiger partial charge in [-0.2, -0.15) is 0 Å². The van der Waals surface area contributed by atoms with Crippen molar-refractivity contribution in [2.75, 3.05) is 6.61 Å². The van der Waals surface area contributed by atoms with Gasteiger partial charge in [-0.3, -0.25) is 0 Å². The van der Waals surface area contributed by atoms with Crippen molar-refractivity contribution in [3.8, 4) is 0 Å². The zero-order valence-electron chi connectivity index (χ0n) is 13.7. The number of nitrogens with zero attached hydrogens (tertiary/aromatic N) is 1. The molecule has 2 aromatic rings. The predicted molar refractivity (Wildman–Crippen MR) is 96.6 cm³/mol. The maximum Gasteiger partial charge on any atom is 0.184 e. The van der Waals surface area contributed by atoms with Crippen molar-refractivity contribution in [1.82, 2.24) is 4.98 Å². The molecule has 24 heavy (non-hydrogen) atoms. The Labute approximate surface area is 151 Å². The number of halogens is 1. The average molecular weight is 410 g/mol. The number of benzene rings is 1. The van der Waals surface area contributed by atoms with Gasteiger partial charge >= 0.3 is 0 Å². The minimum atomic E-state index is -3.45. The molecular weight excluding hydrogens is 390 g/mol. The van der Waals surface area contributed by atoms with E-state index in [1.54, 1.807) is 18.2 Å². The molecule has 2 unspecified atom stereocenters. The summed E-state index contributed by atoms with van der Waals surface area (Å²) in [6, 6.07) is 12.7. The van der Waals surface area contributed by atoms with E-state index in [9.17, 15) is 8.42 Å². The lowest BCUT2D eigenvalue weighted by molar-refractivity contribution is -0.00225. The van der Waals surface area contributed by atoms with Crippen LogP contribution in [0.3, 0.4) is 0 Å². The van der Waals surface area contributed by atoms with Gasteiger partial charge in [-0.25, -0.2) is 13.4 Å². The molecule has 2 heterocycles. The Morgan fingerprint density at radius 1 is 1.25 bits per heavy atom. The standard InChI is InChI=1S/C18H20BrNO3S/c1-13-5-3-6-14(11-13)24(21,22)18(2)9-10-23-16(12-18)15-7-4-8-17(19)20-15/h3-8,11,16H,9-10,12H2,1-2H3. The first-order valence-corrected chi connectivity index (χ1v) is 10.1. The number of hydrogen-bond donors (Lipinski definition) is 0. The number of hydrogen-bond acceptors (Lipinski definition) is 4. The Morgan fingerprint density at radius 3 is 2.71 bits per heavy atom. The largest absolute Gasteiger partial charge is 0.372 e. The van der Waals surface area contributed by atoms with Gasteiger partial charge in [0.1, 0.15) is 10.7 Å². The van der Waals surface area contributed by atoms with Crippen LogP contribution in [-0.4, -0.2) is 24.8 Å². The van der Waals surface area contributed by atoms with E-state index in [2.05, 4.69) is 20.9 Å². The molecule has 1 aliphatic heterocycles. The Balaban J connectivity index is 1.94. The second kappa shape index (κ2) is 6.58. The lowest BCUT2D eigenvalue weighted by atomic mass is 9.94. The number of aryl methyl sites for hydroxylation is 1. The summed E-state index contributed by atoms with van der Waals surface area (Å²) in [4.78, 5) is 4.81. The van der Waals surface area contributed by atoms with Gasteiger partial charge in [0.2, 0.25) is 0 Å². The van der Waals surface area contributed by atoms with Gasteiger partial charge in [0, 0.05) is 6.61 Å². The summed E-state index contributed by atoms with van der Waals surface area (Å²) in [7, 11) is -3.45. The summed E-state index contributed by atoms with van der Waals surface area (Å²) in [5, 5.41) is 0. The van der Waals surface area contributed by atoms with Crippen molar-refractivity contribution in [3.63, 3.8) is 0 Å². The van der Waals surface area contributed by atoms with Crippen LogP contribution in [0.15, 0.2) is 52.0 Å². The summed E-state index contributed by atoms with van der Waals surface area (Å²) in [6.45, 7) is 4.12. The molecule has 0 spiro atoms. The molecule has 0 N–H and O–H groups in total. The molecule has 128 valence electrons. The SMILES string of the molecule is Cc1cccc(S(=O)(=O)C2(C)CCOC(c3cccc(Br)n3)C2)c1. The Kier molecular flexibility index (Phi) is 4.82. The first-order valence-electron chi connectivity index (χ1n) is 7.87. The van der Waals surface area contributed by atoms with Gasteiger partial charge in [-0.05, 0) is 72.4 Å². The molecule has 6 heteroatoms. The summed E-state index contributed by atoms with van der Waals surface area (Å²) in [6.07, 6.45) is 0.557. The minimum Gasteiger partial charge on any atom is -0.372 e. The fourth-order valence-electron chi connectivity index (χ4n) is 3.07. The number of pyridine rings is 1. The van der Waals surface area contributed by atoms with E-state index in [4.69, 9.17) is 4.74 Å². The molecule has 0 radical (unpaired) electrons. The maximum atomic E-state index is 13.2. The quantitative estimate of drug-likeness (QED) is 0.711. The summed E-state index contributed by atoms with van der Waals surface area (Å²) >= 11 is 3.36. The van der Waals surface area contributed by atoms with Crippen molar-refractivity contribution in [3.05, 3.63) is 58.3 Å². The van der Waals surface area contributed by atoms with Crippen molar-refractivity contribution in [2.24, 2.45) is 0 Å². The highest BCUT2D eigenvalue weighted by atomic mass is 79.9. The van der Waals surface area contributed by atoms with Crippen LogP contribution in [0.2, 0.25) is 0 Å². The van der Waals surface area contributed by atoms with Crippen molar-refractivity contribution in [1.29, 1.82) is 0 Å². The van der Waals surface area contributed by atoms with Gasteiger partial charge in [0.25, 0.3) is 0 Å². The number of rotatable bonds is 3. The first kappa shape index (κ1) is 17.6. The van der Waals surface area contributed by atoms with Crippen molar-refractivity contribution in [2.45, 2.75) is 42.4 Å². The van der Waals surface area contributed by atoms with Crippen LogP contribution >= 0.6 is 15.9 Å². The number of ether oxygens (including phenoxy) is 1. The number of sulfone groups is 1. The van der Waals surface area contributed by atoms with Crippen LogP contribution in [0.25, 0.3) is 0 Å². The van der Waals surface area contributed by atoms with Crippen LogP contribution in [0.1, 0.15) is 37.1 Å². The lowest BCUT2D eigenvalue weighted by Crippen LogP contribution is -2.42. The van der Waals surface area contributed by atoms with Gasteiger partial charge in [0.15, 0.2) is 9.84 Å². The van der Waals surface area contributed by atoms with Gasteiger partial charge in [-0.15, -0.1) is 0 Å². The molecule has 1 aromatic carbocycles. The van der Waals surface area contributed by atoms with E-state index in [0.717, 1.165) is 15.9 Å². The molecular formula is C18H20BrNO3S. The van der Waals surface area contributed by atoms with E-state index >= 15 is 0 Å². The molecule has 1 aliphatic rings. The fourth-order valence-corrected chi connectivity index (χ4v) is 5.32. The topological polar surface area (TPSA) is 56.3 Å². The minimum absolute atomic E-state index is 0.319. The van der Waals surface area contributed by atoms with E-state index < -0.39 is 14.6 Å². The van der Waals surface area contributed by atoms with Crippen molar-refractivity contribution >= 4 is 25.8 Å². The maximum absolute atomic E-state index is 13.2. The molecule has 0 bridgehead atoms. The Morgan fingerprint density at radius 2 is 2.00 bits per heavy atom. The van der Waals surface area contributed by atoms with Crippen LogP contribution in [0.5, 0.6) is 0 Å². The summed E-state index contributed by atoms with van der Waals surface area (Å²) in [5.74, 6) is 0. The highest BCUT2D eigenvalue weighted by Crippen LogP contribution is 2.41. The molecule has 4 nitrogen and oxygen atoms in total. The average Bonchev–Trinajstić information content (AvgIpc) is 2.55. The second-order valence-electron chi connectivity index (χ2n) is 6.47. The molecule has 0 amide bonds. The van der Waals surface area contributed by atoms with Gasteiger partial charge < -0.3 is 4.74 Å². The van der Waals surface area contributed by atoms with E-state index in [1.165, 1.54) is 0 Å². The van der Waals surface area contributed by atoms with E-state index in [0.29, 0.717) is 24.3 Å². The number of aromatic nitrogens is 1. The Bertz CT molecular complexity index is 853. The molecule has 2 atom stereocenters. The summed E-state index contributed by atoms with van der Waals surface area (Å²) in [5.41, 5.74) is 1.70. The van der Waals surface area contributed by atoms with Crippen LogP contribution < -0.4 is 0 Å². The molecule has 0 saturated carbocycles. The first-order chi connectivity index (χ1) is 11.3. The highest BCUT2D eigenvalue weighted by molar-refractivity contribution is 9.10. The zero-order valence-corrected chi connectivity index (χ0v) is 16.1. The van der Waals surface area contributed by atoms with Crippen LogP contribution in [-0.2, 0) is 14.6 Å². The van der Waals surface area contributed by atoms with Crippen LogP contribution in [0.4, 0.5) is 0 Å². The Hall–Kier alpha value is -1.24. The summed E-state index contributed by atoms with van der Waals surface area (Å²) < 4.78 is 32.1. The zero-order chi connectivity index (χ0) is 17.4. The van der Waals surface area contributed by atoms with Crippen LogP contribution in [0, 0.1) is 6.92 Å². The molecule has 1 saturated heterocycles. The lowest BCUT2D eigenvalue weighted by Gasteiger charge is -2.37. The molecule has 0 aliphatic carbocycles. The van der Waals surface area contributed by atoms with Gasteiger partial charge in [-0.1, -0.05) is 18.2 Å². The predicted octanol–water partition coefficient (Wildman–Crippen LogP) is 4.24. The monoisotopic (exact) mass is 409 g/mol. The third-order valence-electron chi connectivity index (χ3n) is 4.58. The van der Waals surface area contributed by atoms with Crippen molar-refractivity contribution < 1.29 is 13.2 Å². The molecule has 1 fully saturated rings. The second-order valence-corrected chi connectivity index (χ2v) is 9.74. The molecule has 3 rings (SSSR count). The normalized spacial score (nSPS) is 24.7. The van der Waals surface area contributed by atoms with E-state index in [-0.39, 0.29) is 6.10 Å². The van der Waals surface area contributed by atoms with Gasteiger partial charge in [0.05, 0.1) is 15.3 Å².